The minimum Gasteiger partial charge on any atom is -0.494 e. The Bertz CT molecular complexity index is 374. The third-order valence-electron chi connectivity index (χ3n) is 2.52. The Labute approximate surface area is 102 Å². The molecule has 1 rings (SSSR count). The quantitative estimate of drug-likeness (QED) is 0.830. The molecule has 0 heterocycles. The molecule has 4 heteroatoms. The molecule has 1 unspecified atom stereocenters. The van der Waals surface area contributed by atoms with Gasteiger partial charge in [0.1, 0.15) is 0 Å². The zero-order valence-corrected chi connectivity index (χ0v) is 10.7. The van der Waals surface area contributed by atoms with Gasteiger partial charge in [0.2, 0.25) is 0 Å². The van der Waals surface area contributed by atoms with Gasteiger partial charge in [0.15, 0.2) is 11.6 Å². The van der Waals surface area contributed by atoms with Gasteiger partial charge in [-0.25, -0.2) is 4.39 Å². The van der Waals surface area contributed by atoms with Gasteiger partial charge in [0.25, 0.3) is 0 Å². The van der Waals surface area contributed by atoms with Gasteiger partial charge < -0.3 is 15.2 Å². The number of methoxy groups -OCH3 is 1. The van der Waals surface area contributed by atoms with Gasteiger partial charge >= 0.3 is 0 Å². The first-order valence-corrected chi connectivity index (χ1v) is 5.62. The van der Waals surface area contributed by atoms with Crippen LogP contribution in [0.4, 0.5) is 4.39 Å². The summed E-state index contributed by atoms with van der Waals surface area (Å²) in [6.45, 7) is 5.89. The van der Waals surface area contributed by atoms with Crippen LogP contribution in [-0.4, -0.2) is 24.4 Å². The van der Waals surface area contributed by atoms with Crippen molar-refractivity contribution in [2.24, 2.45) is 0 Å². The second-order valence-corrected chi connectivity index (χ2v) is 4.81. The Morgan fingerprint density at radius 2 is 2.12 bits per heavy atom. The fourth-order valence-electron chi connectivity index (χ4n) is 1.47. The molecule has 17 heavy (non-hydrogen) atoms. The first-order valence-electron chi connectivity index (χ1n) is 5.62. The average molecular weight is 241 g/mol. The van der Waals surface area contributed by atoms with E-state index in [2.05, 4.69) is 5.32 Å². The summed E-state index contributed by atoms with van der Waals surface area (Å²) in [5.74, 6) is -0.134. The third-order valence-corrected chi connectivity index (χ3v) is 2.52. The number of hydrogen-bond donors (Lipinski definition) is 2. The number of aliphatic hydroxyl groups is 1. The van der Waals surface area contributed by atoms with E-state index in [0.29, 0.717) is 6.54 Å². The van der Waals surface area contributed by atoms with Crippen LogP contribution < -0.4 is 10.1 Å². The molecule has 96 valence electrons. The number of halogens is 1. The first-order chi connectivity index (χ1) is 7.83. The minimum atomic E-state index is -0.765. The van der Waals surface area contributed by atoms with Gasteiger partial charge in [-0.2, -0.15) is 0 Å². The Morgan fingerprint density at radius 3 is 2.65 bits per heavy atom. The molecule has 0 saturated heterocycles. The summed E-state index contributed by atoms with van der Waals surface area (Å²) in [5, 5.41) is 12.8. The molecule has 0 aliphatic heterocycles. The first kappa shape index (κ1) is 13.9. The lowest BCUT2D eigenvalue weighted by Gasteiger charge is -2.22. The summed E-state index contributed by atoms with van der Waals surface area (Å²) in [6, 6.07) is 4.78. The zero-order chi connectivity index (χ0) is 13.1. The molecule has 0 saturated carbocycles. The van der Waals surface area contributed by atoms with Crippen LogP contribution in [0.25, 0.3) is 0 Å². The van der Waals surface area contributed by atoms with Crippen LogP contribution in [0.15, 0.2) is 18.2 Å². The molecular formula is C13H20FNO2. The normalized spacial score (nSPS) is 13.5. The van der Waals surface area contributed by atoms with Crippen LogP contribution in [0, 0.1) is 5.82 Å². The van der Waals surface area contributed by atoms with E-state index in [0.717, 1.165) is 5.56 Å². The van der Waals surface area contributed by atoms with Crippen LogP contribution in [0.5, 0.6) is 5.75 Å². The molecule has 1 aromatic carbocycles. The van der Waals surface area contributed by atoms with Crippen molar-refractivity contribution in [1.82, 2.24) is 5.32 Å². The topological polar surface area (TPSA) is 41.5 Å². The van der Waals surface area contributed by atoms with E-state index in [1.807, 2.05) is 6.92 Å². The molecule has 2 N–H and O–H groups in total. The van der Waals surface area contributed by atoms with E-state index in [1.54, 1.807) is 26.0 Å². The Balaban J connectivity index is 2.72. The predicted octanol–water partition coefficient (Wildman–Crippen LogP) is 2.26. The highest BCUT2D eigenvalue weighted by molar-refractivity contribution is 5.31. The van der Waals surface area contributed by atoms with Gasteiger partial charge in [-0.05, 0) is 38.5 Å². The van der Waals surface area contributed by atoms with Crippen molar-refractivity contribution in [3.8, 4) is 5.75 Å². The minimum absolute atomic E-state index is 0.0240. The van der Waals surface area contributed by atoms with Gasteiger partial charge in [-0.3, -0.25) is 0 Å². The van der Waals surface area contributed by atoms with Crippen molar-refractivity contribution in [3.63, 3.8) is 0 Å². The molecule has 0 bridgehead atoms. The van der Waals surface area contributed by atoms with Crippen LogP contribution in [0.1, 0.15) is 32.4 Å². The van der Waals surface area contributed by atoms with Crippen molar-refractivity contribution in [3.05, 3.63) is 29.6 Å². The molecule has 3 nitrogen and oxygen atoms in total. The lowest BCUT2D eigenvalue weighted by Crippen LogP contribution is -2.36. The average Bonchev–Trinajstić information content (AvgIpc) is 2.25. The molecule has 0 amide bonds. The molecule has 0 fully saturated rings. The van der Waals surface area contributed by atoms with Crippen LogP contribution >= 0.6 is 0 Å². The standard InChI is InChI=1S/C13H20FNO2/c1-9(15-8-13(2,3)16)10-5-6-11(14)12(7-10)17-4/h5-7,9,15-16H,8H2,1-4H3. The van der Waals surface area contributed by atoms with Crippen LogP contribution in [0.3, 0.4) is 0 Å². The Kier molecular flexibility index (Phi) is 4.48. The molecule has 0 aliphatic rings. The third kappa shape index (κ3) is 4.32. The van der Waals surface area contributed by atoms with Crippen molar-refractivity contribution >= 4 is 0 Å². The highest BCUT2D eigenvalue weighted by Gasteiger charge is 2.15. The second kappa shape index (κ2) is 5.47. The Morgan fingerprint density at radius 1 is 1.47 bits per heavy atom. The molecule has 0 aliphatic carbocycles. The molecule has 1 atom stereocenters. The number of rotatable bonds is 5. The van der Waals surface area contributed by atoms with Gasteiger partial charge in [0.05, 0.1) is 12.7 Å². The maximum Gasteiger partial charge on any atom is 0.165 e. The van der Waals surface area contributed by atoms with Crippen molar-refractivity contribution in [2.75, 3.05) is 13.7 Å². The molecule has 0 spiro atoms. The number of benzene rings is 1. The largest absolute Gasteiger partial charge is 0.494 e. The van der Waals surface area contributed by atoms with E-state index in [-0.39, 0.29) is 17.6 Å². The molecule has 0 aromatic heterocycles. The molecule has 1 aromatic rings. The maximum absolute atomic E-state index is 13.2. The fraction of sp³-hybridized carbons (Fsp3) is 0.538. The van der Waals surface area contributed by atoms with Crippen molar-refractivity contribution < 1.29 is 14.2 Å². The van der Waals surface area contributed by atoms with E-state index in [9.17, 15) is 9.50 Å². The lowest BCUT2D eigenvalue weighted by molar-refractivity contribution is 0.0770. The van der Waals surface area contributed by atoms with E-state index < -0.39 is 5.60 Å². The Hall–Kier alpha value is -1.13. The molecule has 0 radical (unpaired) electrons. The summed E-state index contributed by atoms with van der Waals surface area (Å²) in [7, 11) is 1.44. The summed E-state index contributed by atoms with van der Waals surface area (Å²) >= 11 is 0. The second-order valence-electron chi connectivity index (χ2n) is 4.81. The van der Waals surface area contributed by atoms with Crippen molar-refractivity contribution in [1.29, 1.82) is 0 Å². The summed E-state index contributed by atoms with van der Waals surface area (Å²) in [5.41, 5.74) is 0.158. The summed E-state index contributed by atoms with van der Waals surface area (Å²) < 4.78 is 18.2. The van der Waals surface area contributed by atoms with Crippen LogP contribution in [-0.2, 0) is 0 Å². The van der Waals surface area contributed by atoms with E-state index in [1.165, 1.54) is 13.2 Å². The predicted molar refractivity (Wildman–Crippen MR) is 65.7 cm³/mol. The number of ether oxygens (including phenoxy) is 1. The van der Waals surface area contributed by atoms with Crippen LogP contribution in [0.2, 0.25) is 0 Å². The summed E-state index contributed by atoms with van der Waals surface area (Å²) in [6.07, 6.45) is 0. The number of nitrogens with one attached hydrogen (secondary N) is 1. The highest BCUT2D eigenvalue weighted by Crippen LogP contribution is 2.22. The summed E-state index contributed by atoms with van der Waals surface area (Å²) in [4.78, 5) is 0. The zero-order valence-electron chi connectivity index (χ0n) is 10.7. The number of hydrogen-bond acceptors (Lipinski definition) is 3. The smallest absolute Gasteiger partial charge is 0.165 e. The fourth-order valence-corrected chi connectivity index (χ4v) is 1.47. The van der Waals surface area contributed by atoms with E-state index in [4.69, 9.17) is 4.74 Å². The maximum atomic E-state index is 13.2. The van der Waals surface area contributed by atoms with Gasteiger partial charge in [-0.1, -0.05) is 6.07 Å². The monoisotopic (exact) mass is 241 g/mol. The van der Waals surface area contributed by atoms with E-state index >= 15 is 0 Å². The molecular weight excluding hydrogens is 221 g/mol. The van der Waals surface area contributed by atoms with Gasteiger partial charge in [0, 0.05) is 12.6 Å². The van der Waals surface area contributed by atoms with Gasteiger partial charge in [-0.15, -0.1) is 0 Å². The van der Waals surface area contributed by atoms with Crippen molar-refractivity contribution in [2.45, 2.75) is 32.4 Å². The lowest BCUT2D eigenvalue weighted by atomic mass is 10.1. The SMILES string of the molecule is COc1cc(C(C)NCC(C)(C)O)ccc1F. The highest BCUT2D eigenvalue weighted by atomic mass is 19.1.